The molecule has 2 aromatic rings. The molecule has 0 aliphatic carbocycles. The van der Waals surface area contributed by atoms with E-state index in [1.165, 1.54) is 0 Å². The number of hydrogen-bond donors (Lipinski definition) is 1. The standard InChI is InChI=1S/C19H22INO5/c1-23-8-9-26-14-6-4-13(5-7-14)12-21-19(22)15-10-17(24-2)18(25-3)11-16(15)20/h4-7,10-11H,8-9,12H2,1-3H3,(H,21,22). The van der Waals surface area contributed by atoms with E-state index in [0.29, 0.717) is 36.8 Å². The molecule has 2 rings (SSSR count). The molecule has 2 aromatic carbocycles. The molecule has 0 aromatic heterocycles. The van der Waals surface area contributed by atoms with Gasteiger partial charge in [0.15, 0.2) is 11.5 Å². The molecule has 0 aliphatic heterocycles. The van der Waals surface area contributed by atoms with Crippen LogP contribution in [-0.2, 0) is 11.3 Å². The Morgan fingerprint density at radius 3 is 2.27 bits per heavy atom. The van der Waals surface area contributed by atoms with Gasteiger partial charge in [-0.1, -0.05) is 12.1 Å². The molecule has 0 spiro atoms. The van der Waals surface area contributed by atoms with Crippen LogP contribution in [0.1, 0.15) is 15.9 Å². The van der Waals surface area contributed by atoms with Crippen molar-refractivity contribution in [1.82, 2.24) is 5.32 Å². The molecule has 0 bridgehead atoms. The molecule has 1 N–H and O–H groups in total. The largest absolute Gasteiger partial charge is 0.493 e. The van der Waals surface area contributed by atoms with Crippen molar-refractivity contribution < 1.29 is 23.7 Å². The van der Waals surface area contributed by atoms with Crippen molar-refractivity contribution in [2.24, 2.45) is 0 Å². The van der Waals surface area contributed by atoms with Gasteiger partial charge in [-0.05, 0) is 52.4 Å². The van der Waals surface area contributed by atoms with E-state index in [1.54, 1.807) is 33.5 Å². The van der Waals surface area contributed by atoms with Gasteiger partial charge in [-0.15, -0.1) is 0 Å². The number of halogens is 1. The molecule has 6 nitrogen and oxygen atoms in total. The lowest BCUT2D eigenvalue weighted by molar-refractivity contribution is 0.0949. The molecule has 0 unspecified atom stereocenters. The Bertz CT molecular complexity index is 733. The molecule has 0 saturated carbocycles. The normalized spacial score (nSPS) is 10.3. The maximum Gasteiger partial charge on any atom is 0.252 e. The van der Waals surface area contributed by atoms with Crippen LogP contribution in [0.3, 0.4) is 0 Å². The van der Waals surface area contributed by atoms with Gasteiger partial charge in [0.1, 0.15) is 12.4 Å². The summed E-state index contributed by atoms with van der Waals surface area (Å²) in [7, 11) is 4.74. The van der Waals surface area contributed by atoms with Crippen molar-refractivity contribution in [3.05, 3.63) is 51.1 Å². The van der Waals surface area contributed by atoms with Gasteiger partial charge in [0.25, 0.3) is 5.91 Å². The van der Waals surface area contributed by atoms with Crippen LogP contribution in [0, 0.1) is 3.57 Å². The quantitative estimate of drug-likeness (QED) is 0.450. The number of rotatable bonds is 9. The first-order valence-corrected chi connectivity index (χ1v) is 9.07. The minimum Gasteiger partial charge on any atom is -0.493 e. The summed E-state index contributed by atoms with van der Waals surface area (Å²) in [5.41, 5.74) is 1.52. The van der Waals surface area contributed by atoms with Crippen molar-refractivity contribution >= 4 is 28.5 Å². The van der Waals surface area contributed by atoms with Gasteiger partial charge in [-0.3, -0.25) is 4.79 Å². The number of carbonyl (C=O) groups excluding carboxylic acids is 1. The maximum atomic E-state index is 12.5. The molecule has 0 heterocycles. The third-order valence-corrected chi connectivity index (χ3v) is 4.54. The number of nitrogens with one attached hydrogen (secondary N) is 1. The zero-order valence-electron chi connectivity index (χ0n) is 15.0. The number of carbonyl (C=O) groups is 1. The number of benzene rings is 2. The van der Waals surface area contributed by atoms with E-state index < -0.39 is 0 Å². The molecule has 140 valence electrons. The second-order valence-corrected chi connectivity index (χ2v) is 6.52. The minimum absolute atomic E-state index is 0.171. The summed E-state index contributed by atoms with van der Waals surface area (Å²) in [6, 6.07) is 11.0. The molecule has 0 fully saturated rings. The molecular weight excluding hydrogens is 449 g/mol. The van der Waals surface area contributed by atoms with Gasteiger partial charge in [-0.2, -0.15) is 0 Å². The number of amides is 1. The Labute approximate surface area is 166 Å². The van der Waals surface area contributed by atoms with Crippen LogP contribution in [0.2, 0.25) is 0 Å². The number of ether oxygens (including phenoxy) is 4. The minimum atomic E-state index is -0.171. The Morgan fingerprint density at radius 1 is 1.00 bits per heavy atom. The van der Waals surface area contributed by atoms with Gasteiger partial charge in [0.05, 0.1) is 26.4 Å². The van der Waals surface area contributed by atoms with Gasteiger partial charge in [0, 0.05) is 17.2 Å². The summed E-state index contributed by atoms with van der Waals surface area (Å²) in [4.78, 5) is 12.5. The Kier molecular flexibility index (Phi) is 7.99. The average molecular weight is 471 g/mol. The van der Waals surface area contributed by atoms with E-state index in [4.69, 9.17) is 18.9 Å². The summed E-state index contributed by atoms with van der Waals surface area (Å²) < 4.78 is 21.8. The van der Waals surface area contributed by atoms with E-state index in [1.807, 2.05) is 24.3 Å². The third-order valence-electron chi connectivity index (χ3n) is 3.65. The maximum absolute atomic E-state index is 12.5. The van der Waals surface area contributed by atoms with Crippen molar-refractivity contribution in [3.8, 4) is 17.2 Å². The number of hydrogen-bond acceptors (Lipinski definition) is 5. The highest BCUT2D eigenvalue weighted by Gasteiger charge is 2.15. The highest BCUT2D eigenvalue weighted by molar-refractivity contribution is 14.1. The van der Waals surface area contributed by atoms with Crippen LogP contribution < -0.4 is 19.5 Å². The van der Waals surface area contributed by atoms with Crippen molar-refractivity contribution in [2.45, 2.75) is 6.54 Å². The summed E-state index contributed by atoms with van der Waals surface area (Å²) in [6.45, 7) is 1.47. The second-order valence-electron chi connectivity index (χ2n) is 5.35. The summed E-state index contributed by atoms with van der Waals surface area (Å²) >= 11 is 2.11. The first-order valence-electron chi connectivity index (χ1n) is 7.99. The highest BCUT2D eigenvalue weighted by Crippen LogP contribution is 2.31. The fourth-order valence-corrected chi connectivity index (χ4v) is 2.94. The van der Waals surface area contributed by atoms with Crippen LogP contribution in [0.5, 0.6) is 17.2 Å². The molecular formula is C19H22INO5. The summed E-state index contributed by atoms with van der Waals surface area (Å²) in [5.74, 6) is 1.72. The molecule has 0 atom stereocenters. The summed E-state index contributed by atoms with van der Waals surface area (Å²) in [5, 5.41) is 2.92. The van der Waals surface area contributed by atoms with Gasteiger partial charge >= 0.3 is 0 Å². The molecule has 1 amide bonds. The molecule has 0 saturated heterocycles. The second kappa shape index (κ2) is 10.2. The highest BCUT2D eigenvalue weighted by atomic mass is 127. The predicted octanol–water partition coefficient (Wildman–Crippen LogP) is 3.26. The monoisotopic (exact) mass is 471 g/mol. The lowest BCUT2D eigenvalue weighted by Crippen LogP contribution is -2.23. The van der Waals surface area contributed by atoms with E-state index in [0.717, 1.165) is 14.9 Å². The summed E-state index contributed by atoms with van der Waals surface area (Å²) in [6.07, 6.45) is 0. The Balaban J connectivity index is 1.98. The van der Waals surface area contributed by atoms with Crippen LogP contribution in [0.15, 0.2) is 36.4 Å². The molecule has 0 radical (unpaired) electrons. The fraction of sp³-hybridized carbons (Fsp3) is 0.316. The lowest BCUT2D eigenvalue weighted by atomic mass is 10.1. The van der Waals surface area contributed by atoms with Crippen molar-refractivity contribution in [1.29, 1.82) is 0 Å². The van der Waals surface area contributed by atoms with Crippen LogP contribution in [-0.4, -0.2) is 40.5 Å². The van der Waals surface area contributed by atoms with E-state index in [-0.39, 0.29) is 5.91 Å². The predicted molar refractivity (Wildman–Crippen MR) is 107 cm³/mol. The molecule has 26 heavy (non-hydrogen) atoms. The number of methoxy groups -OCH3 is 3. The van der Waals surface area contributed by atoms with Crippen LogP contribution in [0.4, 0.5) is 0 Å². The molecule has 7 heteroatoms. The SMILES string of the molecule is COCCOc1ccc(CNC(=O)c2cc(OC)c(OC)cc2I)cc1. The van der Waals surface area contributed by atoms with E-state index in [9.17, 15) is 4.79 Å². The van der Waals surface area contributed by atoms with Crippen LogP contribution >= 0.6 is 22.6 Å². The Morgan fingerprint density at radius 2 is 1.65 bits per heavy atom. The van der Waals surface area contributed by atoms with Gasteiger partial charge < -0.3 is 24.3 Å². The van der Waals surface area contributed by atoms with E-state index >= 15 is 0 Å². The zero-order valence-corrected chi connectivity index (χ0v) is 17.2. The van der Waals surface area contributed by atoms with Gasteiger partial charge in [0.2, 0.25) is 0 Å². The van der Waals surface area contributed by atoms with Crippen LogP contribution in [0.25, 0.3) is 0 Å². The average Bonchev–Trinajstić information content (AvgIpc) is 2.67. The van der Waals surface area contributed by atoms with E-state index in [2.05, 4.69) is 27.9 Å². The first kappa shape index (κ1) is 20.3. The topological polar surface area (TPSA) is 66.0 Å². The fourth-order valence-electron chi connectivity index (χ4n) is 2.25. The zero-order chi connectivity index (χ0) is 18.9. The lowest BCUT2D eigenvalue weighted by Gasteiger charge is -2.12. The Hall–Kier alpha value is -2.00. The van der Waals surface area contributed by atoms with Crippen molar-refractivity contribution in [3.63, 3.8) is 0 Å². The van der Waals surface area contributed by atoms with Gasteiger partial charge in [-0.25, -0.2) is 0 Å². The van der Waals surface area contributed by atoms with Crippen molar-refractivity contribution in [2.75, 3.05) is 34.5 Å². The third kappa shape index (κ3) is 5.50. The molecule has 0 aliphatic rings. The first-order chi connectivity index (χ1) is 12.6. The smallest absolute Gasteiger partial charge is 0.252 e.